The highest BCUT2D eigenvalue weighted by Gasteiger charge is 2.28. The molecule has 0 aliphatic rings. The van der Waals surface area contributed by atoms with Crippen molar-refractivity contribution in [1.82, 2.24) is 0 Å². The fourth-order valence-corrected chi connectivity index (χ4v) is 1.29. The zero-order chi connectivity index (χ0) is 9.07. The van der Waals surface area contributed by atoms with Crippen LogP contribution in [-0.4, -0.2) is 0 Å². The van der Waals surface area contributed by atoms with E-state index in [2.05, 4.69) is 41.5 Å². The molecule has 0 heterocycles. The van der Waals surface area contributed by atoms with Crippen molar-refractivity contribution in [3.63, 3.8) is 0 Å². The monoisotopic (exact) mass is 155 g/mol. The average Bonchev–Trinajstić information content (AvgIpc) is 1.88. The molecule has 0 aromatic carbocycles. The molecule has 0 spiro atoms. The van der Waals surface area contributed by atoms with Gasteiger partial charge in [0, 0.05) is 0 Å². The molecule has 0 amide bonds. The SMILES string of the molecule is CCCC(C)C(C)(C)[C](C)C. The van der Waals surface area contributed by atoms with Crippen LogP contribution in [-0.2, 0) is 0 Å². The quantitative estimate of drug-likeness (QED) is 0.574. The molecule has 0 aliphatic heterocycles. The van der Waals surface area contributed by atoms with Crippen molar-refractivity contribution in [2.75, 3.05) is 0 Å². The first-order chi connectivity index (χ1) is 4.92. The van der Waals surface area contributed by atoms with Crippen molar-refractivity contribution in [2.24, 2.45) is 11.3 Å². The Morgan fingerprint density at radius 3 is 2.00 bits per heavy atom. The molecule has 11 heavy (non-hydrogen) atoms. The van der Waals surface area contributed by atoms with Crippen LogP contribution in [0.15, 0.2) is 0 Å². The van der Waals surface area contributed by atoms with Gasteiger partial charge in [-0.3, -0.25) is 0 Å². The van der Waals surface area contributed by atoms with Crippen molar-refractivity contribution in [3.05, 3.63) is 5.92 Å². The van der Waals surface area contributed by atoms with Crippen LogP contribution in [0.4, 0.5) is 0 Å². The zero-order valence-corrected chi connectivity index (χ0v) is 8.99. The van der Waals surface area contributed by atoms with Crippen LogP contribution in [0, 0.1) is 17.3 Å². The lowest BCUT2D eigenvalue weighted by atomic mass is 9.70. The van der Waals surface area contributed by atoms with Crippen molar-refractivity contribution in [2.45, 2.75) is 54.4 Å². The third-order valence-corrected chi connectivity index (χ3v) is 3.24. The van der Waals surface area contributed by atoms with Gasteiger partial charge in [0.1, 0.15) is 0 Å². The van der Waals surface area contributed by atoms with Crippen LogP contribution in [0.3, 0.4) is 0 Å². The summed E-state index contributed by atoms with van der Waals surface area (Å²) in [6.07, 6.45) is 2.65. The van der Waals surface area contributed by atoms with Crippen LogP contribution < -0.4 is 0 Å². The topological polar surface area (TPSA) is 0 Å². The van der Waals surface area contributed by atoms with Gasteiger partial charge in [-0.15, -0.1) is 0 Å². The van der Waals surface area contributed by atoms with Crippen LogP contribution in [0.25, 0.3) is 0 Å². The van der Waals surface area contributed by atoms with Crippen molar-refractivity contribution < 1.29 is 0 Å². The van der Waals surface area contributed by atoms with Gasteiger partial charge in [0.2, 0.25) is 0 Å². The molecule has 0 nitrogen and oxygen atoms in total. The minimum absolute atomic E-state index is 0.427. The Morgan fingerprint density at radius 2 is 1.73 bits per heavy atom. The van der Waals surface area contributed by atoms with Crippen LogP contribution >= 0.6 is 0 Å². The van der Waals surface area contributed by atoms with E-state index in [1.165, 1.54) is 12.8 Å². The third-order valence-electron chi connectivity index (χ3n) is 3.24. The molecule has 1 atom stereocenters. The molecular weight excluding hydrogens is 132 g/mol. The molecule has 0 bridgehead atoms. The Balaban J connectivity index is 4.05. The van der Waals surface area contributed by atoms with Gasteiger partial charge in [0.05, 0.1) is 0 Å². The molecular formula is C11H23. The Bertz CT molecular complexity index is 101. The maximum absolute atomic E-state index is 2.36. The van der Waals surface area contributed by atoms with Gasteiger partial charge in [-0.05, 0) is 17.3 Å². The summed E-state index contributed by atoms with van der Waals surface area (Å²) in [5, 5.41) is 0. The Morgan fingerprint density at radius 1 is 1.27 bits per heavy atom. The predicted molar refractivity (Wildman–Crippen MR) is 52.4 cm³/mol. The summed E-state index contributed by atoms with van der Waals surface area (Å²) in [5.41, 5.74) is 0.427. The van der Waals surface area contributed by atoms with E-state index < -0.39 is 0 Å². The first kappa shape index (κ1) is 11.0. The Kier molecular flexibility index (Phi) is 4.13. The summed E-state index contributed by atoms with van der Waals surface area (Å²) in [5.74, 6) is 2.37. The molecule has 0 saturated carbocycles. The smallest absolute Gasteiger partial charge is 0.0244 e. The van der Waals surface area contributed by atoms with Crippen molar-refractivity contribution >= 4 is 0 Å². The van der Waals surface area contributed by atoms with Crippen molar-refractivity contribution in [1.29, 1.82) is 0 Å². The number of hydrogen-bond donors (Lipinski definition) is 0. The number of rotatable bonds is 4. The normalized spacial score (nSPS) is 15.5. The van der Waals surface area contributed by atoms with E-state index >= 15 is 0 Å². The van der Waals surface area contributed by atoms with Gasteiger partial charge < -0.3 is 0 Å². The second-order valence-electron chi connectivity index (χ2n) is 4.41. The van der Waals surface area contributed by atoms with E-state index in [9.17, 15) is 0 Å². The van der Waals surface area contributed by atoms with Gasteiger partial charge in [-0.2, -0.15) is 0 Å². The lowest BCUT2D eigenvalue weighted by molar-refractivity contribution is 0.235. The molecule has 67 valence electrons. The van der Waals surface area contributed by atoms with Gasteiger partial charge in [0.25, 0.3) is 0 Å². The molecule has 0 aromatic heterocycles. The average molecular weight is 155 g/mol. The molecule has 1 unspecified atom stereocenters. The summed E-state index contributed by atoms with van der Waals surface area (Å²) in [6.45, 7) is 13.8. The van der Waals surface area contributed by atoms with Crippen LogP contribution in [0.1, 0.15) is 54.4 Å². The first-order valence-corrected chi connectivity index (χ1v) is 4.73. The standard InChI is InChI=1S/C11H23/c1-7-8-10(4)11(5,6)9(2)3/h10H,7-8H2,1-6H3. The summed E-state index contributed by atoms with van der Waals surface area (Å²) in [7, 11) is 0. The molecule has 0 aliphatic carbocycles. The van der Waals surface area contributed by atoms with E-state index in [-0.39, 0.29) is 0 Å². The van der Waals surface area contributed by atoms with E-state index in [0.29, 0.717) is 5.41 Å². The molecule has 0 fully saturated rings. The molecule has 0 heteroatoms. The second kappa shape index (κ2) is 4.13. The lowest BCUT2D eigenvalue weighted by Crippen LogP contribution is -2.26. The molecule has 0 rings (SSSR count). The Hall–Kier alpha value is 0. The maximum atomic E-state index is 2.36. The predicted octanol–water partition coefficient (Wildman–Crippen LogP) is 4.06. The fourth-order valence-electron chi connectivity index (χ4n) is 1.29. The van der Waals surface area contributed by atoms with Gasteiger partial charge in [-0.1, -0.05) is 54.4 Å². The van der Waals surface area contributed by atoms with Crippen LogP contribution in [0.5, 0.6) is 0 Å². The summed E-state index contributed by atoms with van der Waals surface area (Å²) < 4.78 is 0. The van der Waals surface area contributed by atoms with E-state index in [1.54, 1.807) is 5.92 Å². The molecule has 1 radical (unpaired) electrons. The van der Waals surface area contributed by atoms with E-state index in [1.807, 2.05) is 0 Å². The van der Waals surface area contributed by atoms with Gasteiger partial charge >= 0.3 is 0 Å². The molecule has 0 saturated heterocycles. The van der Waals surface area contributed by atoms with Crippen LogP contribution in [0.2, 0.25) is 0 Å². The second-order valence-corrected chi connectivity index (χ2v) is 4.41. The maximum Gasteiger partial charge on any atom is -0.0244 e. The lowest BCUT2D eigenvalue weighted by Gasteiger charge is -2.35. The number of hydrogen-bond acceptors (Lipinski definition) is 0. The highest BCUT2D eigenvalue weighted by atomic mass is 14.3. The summed E-state index contributed by atoms with van der Waals surface area (Å²) in [6, 6.07) is 0. The largest absolute Gasteiger partial charge is 0.0654 e. The van der Waals surface area contributed by atoms with Crippen molar-refractivity contribution in [3.8, 4) is 0 Å². The third kappa shape index (κ3) is 2.84. The Labute approximate surface area is 72.4 Å². The summed E-state index contributed by atoms with van der Waals surface area (Å²) >= 11 is 0. The van der Waals surface area contributed by atoms with Gasteiger partial charge in [-0.25, -0.2) is 0 Å². The highest BCUT2D eigenvalue weighted by molar-refractivity contribution is 4.97. The zero-order valence-electron chi connectivity index (χ0n) is 8.99. The minimum Gasteiger partial charge on any atom is -0.0654 e. The van der Waals surface area contributed by atoms with E-state index in [0.717, 1.165) is 5.92 Å². The van der Waals surface area contributed by atoms with E-state index in [4.69, 9.17) is 0 Å². The molecule has 0 N–H and O–H groups in total. The minimum atomic E-state index is 0.427. The first-order valence-electron chi connectivity index (χ1n) is 4.73. The fraction of sp³-hybridized carbons (Fsp3) is 0.909. The molecule has 0 aromatic rings. The summed E-state index contributed by atoms with van der Waals surface area (Å²) in [4.78, 5) is 0. The van der Waals surface area contributed by atoms with Gasteiger partial charge in [0.15, 0.2) is 0 Å². The highest BCUT2D eigenvalue weighted by Crippen LogP contribution is 2.38.